The minimum atomic E-state index is -3.38. The van der Waals surface area contributed by atoms with Crippen molar-refractivity contribution in [2.45, 2.75) is 19.9 Å². The topological polar surface area (TPSA) is 93.7 Å². The van der Waals surface area contributed by atoms with E-state index in [9.17, 15) is 13.2 Å². The summed E-state index contributed by atoms with van der Waals surface area (Å²) in [6, 6.07) is 5.29. The number of ether oxygens (including phenoxy) is 2. The monoisotopic (exact) mass is 330 g/mol. The van der Waals surface area contributed by atoms with Gasteiger partial charge in [-0.05, 0) is 24.1 Å². The number of carbonyl (C=O) groups excluding carboxylic acids is 1. The second-order valence-electron chi connectivity index (χ2n) is 4.61. The second kappa shape index (κ2) is 8.60. The fourth-order valence-corrected chi connectivity index (χ4v) is 2.80. The number of nitrogens with one attached hydrogen (secondary N) is 2. The van der Waals surface area contributed by atoms with Crippen molar-refractivity contribution < 1.29 is 22.7 Å². The van der Waals surface area contributed by atoms with Crippen LogP contribution in [0.4, 0.5) is 0 Å². The zero-order valence-electron chi connectivity index (χ0n) is 13.0. The van der Waals surface area contributed by atoms with E-state index in [4.69, 9.17) is 9.47 Å². The highest BCUT2D eigenvalue weighted by Crippen LogP contribution is 2.27. The normalized spacial score (nSPS) is 11.0. The van der Waals surface area contributed by atoms with E-state index in [0.717, 1.165) is 5.56 Å². The maximum atomic E-state index is 11.7. The van der Waals surface area contributed by atoms with E-state index in [1.165, 1.54) is 7.11 Å². The third kappa shape index (κ3) is 5.90. The standard InChI is InChI=1S/C14H22N2O5S/c1-4-7-22(18,19)16-10-14(17)15-9-11-5-6-12(20-2)13(8-11)21-3/h5-6,8,16H,4,7,9-10H2,1-3H3,(H,15,17). The van der Waals surface area contributed by atoms with Gasteiger partial charge in [-0.3, -0.25) is 4.79 Å². The number of sulfonamides is 1. The van der Waals surface area contributed by atoms with E-state index in [0.29, 0.717) is 17.9 Å². The Morgan fingerprint density at radius 1 is 1.18 bits per heavy atom. The molecule has 1 aromatic rings. The number of amides is 1. The quantitative estimate of drug-likeness (QED) is 0.693. The molecule has 8 heteroatoms. The average molecular weight is 330 g/mol. The zero-order valence-corrected chi connectivity index (χ0v) is 13.8. The number of hydrogen-bond acceptors (Lipinski definition) is 5. The number of benzene rings is 1. The Morgan fingerprint density at radius 2 is 1.86 bits per heavy atom. The maximum Gasteiger partial charge on any atom is 0.235 e. The van der Waals surface area contributed by atoms with E-state index in [-0.39, 0.29) is 18.8 Å². The van der Waals surface area contributed by atoms with Crippen molar-refractivity contribution in [1.29, 1.82) is 0 Å². The summed E-state index contributed by atoms with van der Waals surface area (Å²) in [4.78, 5) is 11.7. The molecule has 124 valence electrons. The first-order chi connectivity index (χ1) is 10.4. The molecule has 0 fully saturated rings. The van der Waals surface area contributed by atoms with Crippen molar-refractivity contribution in [2.75, 3.05) is 26.5 Å². The van der Waals surface area contributed by atoms with Gasteiger partial charge in [-0.25, -0.2) is 13.1 Å². The molecule has 0 atom stereocenters. The second-order valence-corrected chi connectivity index (χ2v) is 6.53. The van der Waals surface area contributed by atoms with Crippen molar-refractivity contribution in [3.8, 4) is 11.5 Å². The Hall–Kier alpha value is -1.80. The highest BCUT2D eigenvalue weighted by atomic mass is 32.2. The van der Waals surface area contributed by atoms with E-state index >= 15 is 0 Å². The summed E-state index contributed by atoms with van der Waals surface area (Å²) in [5.74, 6) is 0.785. The van der Waals surface area contributed by atoms with Crippen LogP contribution in [0.2, 0.25) is 0 Å². The zero-order chi connectivity index (χ0) is 16.6. The van der Waals surface area contributed by atoms with Crippen LogP contribution in [-0.4, -0.2) is 40.8 Å². The van der Waals surface area contributed by atoms with Crippen LogP contribution in [0.15, 0.2) is 18.2 Å². The Labute approximate surface area is 131 Å². The summed E-state index contributed by atoms with van der Waals surface area (Å²) in [5, 5.41) is 2.64. The minimum absolute atomic E-state index is 0.00988. The molecule has 0 aromatic heterocycles. The molecule has 2 N–H and O–H groups in total. The molecule has 1 rings (SSSR count). The average Bonchev–Trinajstić information content (AvgIpc) is 2.50. The van der Waals surface area contributed by atoms with Crippen LogP contribution in [0.3, 0.4) is 0 Å². The minimum Gasteiger partial charge on any atom is -0.493 e. The summed E-state index contributed by atoms with van der Waals surface area (Å²) in [6.07, 6.45) is 0.503. The van der Waals surface area contributed by atoms with Crippen LogP contribution in [0, 0.1) is 0 Å². The molecule has 1 aromatic carbocycles. The van der Waals surface area contributed by atoms with E-state index < -0.39 is 15.9 Å². The summed E-state index contributed by atoms with van der Waals surface area (Å²) >= 11 is 0. The Bertz CT molecular complexity index is 601. The van der Waals surface area contributed by atoms with Gasteiger partial charge in [0.1, 0.15) is 0 Å². The molecule has 0 saturated heterocycles. The van der Waals surface area contributed by atoms with Crippen LogP contribution in [-0.2, 0) is 21.4 Å². The van der Waals surface area contributed by atoms with E-state index in [2.05, 4.69) is 10.0 Å². The number of rotatable bonds is 9. The molecule has 0 spiro atoms. The predicted octanol–water partition coefficient (Wildman–Crippen LogP) is 0.649. The molecule has 1 amide bonds. The lowest BCUT2D eigenvalue weighted by Gasteiger charge is -2.10. The molecule has 0 unspecified atom stereocenters. The van der Waals surface area contributed by atoms with Crippen molar-refractivity contribution in [3.05, 3.63) is 23.8 Å². The van der Waals surface area contributed by atoms with Crippen LogP contribution in [0.25, 0.3) is 0 Å². The number of hydrogen-bond donors (Lipinski definition) is 2. The van der Waals surface area contributed by atoms with Gasteiger partial charge < -0.3 is 14.8 Å². The van der Waals surface area contributed by atoms with Gasteiger partial charge in [0.15, 0.2) is 11.5 Å². The molecule has 0 aliphatic heterocycles. The SMILES string of the molecule is CCCS(=O)(=O)NCC(=O)NCc1ccc(OC)c(OC)c1. The van der Waals surface area contributed by atoms with Crippen LogP contribution in [0.1, 0.15) is 18.9 Å². The van der Waals surface area contributed by atoms with Gasteiger partial charge in [-0.1, -0.05) is 13.0 Å². The van der Waals surface area contributed by atoms with Crippen molar-refractivity contribution in [2.24, 2.45) is 0 Å². The van der Waals surface area contributed by atoms with Gasteiger partial charge in [0.25, 0.3) is 0 Å². The lowest BCUT2D eigenvalue weighted by molar-refractivity contribution is -0.120. The van der Waals surface area contributed by atoms with Crippen molar-refractivity contribution in [1.82, 2.24) is 10.0 Å². The first-order valence-corrected chi connectivity index (χ1v) is 8.52. The molecule has 0 aliphatic carbocycles. The van der Waals surface area contributed by atoms with E-state index in [1.807, 2.05) is 0 Å². The predicted molar refractivity (Wildman–Crippen MR) is 83.5 cm³/mol. The maximum absolute atomic E-state index is 11.7. The fourth-order valence-electron chi connectivity index (χ4n) is 1.77. The Balaban J connectivity index is 2.51. The molecule has 0 saturated carbocycles. The smallest absolute Gasteiger partial charge is 0.235 e. The van der Waals surface area contributed by atoms with Crippen LogP contribution >= 0.6 is 0 Å². The fraction of sp³-hybridized carbons (Fsp3) is 0.500. The molecular weight excluding hydrogens is 308 g/mol. The lowest BCUT2D eigenvalue weighted by Crippen LogP contribution is -2.37. The molecule has 0 radical (unpaired) electrons. The number of methoxy groups -OCH3 is 2. The van der Waals surface area contributed by atoms with Gasteiger partial charge in [-0.15, -0.1) is 0 Å². The lowest BCUT2D eigenvalue weighted by atomic mass is 10.2. The summed E-state index contributed by atoms with van der Waals surface area (Å²) < 4.78 is 35.4. The summed E-state index contributed by atoms with van der Waals surface area (Å²) in [7, 11) is -0.303. The highest BCUT2D eigenvalue weighted by molar-refractivity contribution is 7.89. The molecule has 0 aliphatic rings. The largest absolute Gasteiger partial charge is 0.493 e. The number of carbonyl (C=O) groups is 1. The Morgan fingerprint density at radius 3 is 2.45 bits per heavy atom. The van der Waals surface area contributed by atoms with Gasteiger partial charge in [0.2, 0.25) is 15.9 Å². The van der Waals surface area contributed by atoms with Gasteiger partial charge in [0, 0.05) is 6.54 Å². The third-order valence-electron chi connectivity index (χ3n) is 2.86. The van der Waals surface area contributed by atoms with E-state index in [1.54, 1.807) is 32.2 Å². The molecule has 7 nitrogen and oxygen atoms in total. The third-order valence-corrected chi connectivity index (χ3v) is 4.39. The van der Waals surface area contributed by atoms with Crippen LogP contribution < -0.4 is 19.5 Å². The van der Waals surface area contributed by atoms with Crippen molar-refractivity contribution >= 4 is 15.9 Å². The molecule has 22 heavy (non-hydrogen) atoms. The van der Waals surface area contributed by atoms with Gasteiger partial charge in [0.05, 0.1) is 26.5 Å². The highest BCUT2D eigenvalue weighted by Gasteiger charge is 2.11. The molecule has 0 heterocycles. The van der Waals surface area contributed by atoms with Gasteiger partial charge in [-0.2, -0.15) is 0 Å². The first kappa shape index (κ1) is 18.2. The summed E-state index contributed by atoms with van der Waals surface area (Å²) in [6.45, 7) is 1.76. The molecular formula is C14H22N2O5S. The van der Waals surface area contributed by atoms with Crippen LogP contribution in [0.5, 0.6) is 11.5 Å². The Kier molecular flexibility index (Phi) is 7.13. The first-order valence-electron chi connectivity index (χ1n) is 6.86. The summed E-state index contributed by atoms with van der Waals surface area (Å²) in [5.41, 5.74) is 0.822. The molecule has 0 bridgehead atoms. The van der Waals surface area contributed by atoms with Crippen molar-refractivity contribution in [3.63, 3.8) is 0 Å². The van der Waals surface area contributed by atoms with Gasteiger partial charge >= 0.3 is 0 Å².